The average molecular weight is 341 g/mol. The number of para-hydroxylation sites is 2. The first-order valence-corrected chi connectivity index (χ1v) is 8.68. The molecule has 0 saturated carbocycles. The largest absolute Gasteiger partial charge is 0.490 e. The molecule has 0 N–H and O–H groups in total. The Kier molecular flexibility index (Phi) is 4.52. The van der Waals surface area contributed by atoms with Crippen molar-refractivity contribution in [3.8, 4) is 16.9 Å². The lowest BCUT2D eigenvalue weighted by molar-refractivity contribution is -0.114. The average Bonchev–Trinajstić information content (AvgIpc) is 2.72. The standard InChI is InChI=1S/C23H19NO2/c25-23(24-16-17-26-22-9-5-4-8-21(22)24)15-12-18-10-13-20(14-11-18)19-6-2-1-3-7-19/h1-15H,16-17H2/b15-12+. The first kappa shape index (κ1) is 16.2. The molecule has 1 amide bonds. The summed E-state index contributed by atoms with van der Waals surface area (Å²) in [6.45, 7) is 1.08. The van der Waals surface area contributed by atoms with Gasteiger partial charge in [0.25, 0.3) is 5.91 Å². The van der Waals surface area contributed by atoms with Crippen molar-refractivity contribution in [2.75, 3.05) is 18.1 Å². The Morgan fingerprint density at radius 1 is 0.846 bits per heavy atom. The molecule has 3 heteroatoms. The van der Waals surface area contributed by atoms with E-state index in [2.05, 4.69) is 24.3 Å². The SMILES string of the molecule is O=C(/C=C/c1ccc(-c2ccccc2)cc1)N1CCOc2ccccc21. The van der Waals surface area contributed by atoms with Crippen molar-refractivity contribution in [2.24, 2.45) is 0 Å². The molecule has 1 aliphatic heterocycles. The molecule has 1 heterocycles. The third-order valence-corrected chi connectivity index (χ3v) is 4.43. The van der Waals surface area contributed by atoms with Gasteiger partial charge < -0.3 is 9.64 Å². The molecule has 128 valence electrons. The van der Waals surface area contributed by atoms with Crippen LogP contribution in [0.4, 0.5) is 5.69 Å². The first-order chi connectivity index (χ1) is 12.8. The predicted molar refractivity (Wildman–Crippen MR) is 105 cm³/mol. The van der Waals surface area contributed by atoms with Crippen molar-refractivity contribution in [1.82, 2.24) is 0 Å². The summed E-state index contributed by atoms with van der Waals surface area (Å²) >= 11 is 0. The van der Waals surface area contributed by atoms with Crippen LogP contribution in [0.2, 0.25) is 0 Å². The van der Waals surface area contributed by atoms with E-state index in [0.29, 0.717) is 13.2 Å². The summed E-state index contributed by atoms with van der Waals surface area (Å²) in [7, 11) is 0. The Bertz CT molecular complexity index is 930. The minimum Gasteiger partial charge on any atom is -0.490 e. The molecule has 26 heavy (non-hydrogen) atoms. The maximum Gasteiger partial charge on any atom is 0.251 e. The Hall–Kier alpha value is -3.33. The molecule has 4 rings (SSSR count). The van der Waals surface area contributed by atoms with E-state index in [1.807, 2.05) is 60.7 Å². The second-order valence-corrected chi connectivity index (χ2v) is 6.13. The number of rotatable bonds is 3. The number of carbonyl (C=O) groups is 1. The minimum absolute atomic E-state index is 0.0344. The second-order valence-electron chi connectivity index (χ2n) is 6.13. The molecule has 0 aromatic heterocycles. The van der Waals surface area contributed by atoms with Gasteiger partial charge in [-0.3, -0.25) is 4.79 Å². The number of amides is 1. The van der Waals surface area contributed by atoms with Gasteiger partial charge in [0.1, 0.15) is 12.4 Å². The van der Waals surface area contributed by atoms with E-state index in [1.165, 1.54) is 5.56 Å². The molecule has 0 aliphatic carbocycles. The maximum absolute atomic E-state index is 12.6. The van der Waals surface area contributed by atoms with Gasteiger partial charge in [-0.05, 0) is 34.9 Å². The van der Waals surface area contributed by atoms with Gasteiger partial charge in [-0.25, -0.2) is 0 Å². The highest BCUT2D eigenvalue weighted by atomic mass is 16.5. The Morgan fingerprint density at radius 3 is 2.35 bits per heavy atom. The van der Waals surface area contributed by atoms with Crippen LogP contribution in [0.15, 0.2) is 84.9 Å². The van der Waals surface area contributed by atoms with Gasteiger partial charge in [-0.1, -0.05) is 66.7 Å². The highest BCUT2D eigenvalue weighted by Crippen LogP contribution is 2.31. The first-order valence-electron chi connectivity index (χ1n) is 8.68. The van der Waals surface area contributed by atoms with Gasteiger partial charge in [0.15, 0.2) is 0 Å². The summed E-state index contributed by atoms with van der Waals surface area (Å²) in [5.74, 6) is 0.723. The van der Waals surface area contributed by atoms with Gasteiger partial charge >= 0.3 is 0 Å². The van der Waals surface area contributed by atoms with Crippen molar-refractivity contribution in [2.45, 2.75) is 0 Å². The van der Waals surface area contributed by atoms with Crippen LogP contribution in [0, 0.1) is 0 Å². The fourth-order valence-corrected chi connectivity index (χ4v) is 3.07. The Labute approximate surface area is 153 Å². The molecule has 0 bridgehead atoms. The molecule has 3 nitrogen and oxygen atoms in total. The third kappa shape index (κ3) is 3.38. The summed E-state index contributed by atoms with van der Waals surface area (Å²) in [4.78, 5) is 14.4. The van der Waals surface area contributed by atoms with Crippen LogP contribution in [-0.2, 0) is 4.79 Å². The number of hydrogen-bond acceptors (Lipinski definition) is 2. The van der Waals surface area contributed by atoms with Crippen molar-refractivity contribution in [1.29, 1.82) is 0 Å². The lowest BCUT2D eigenvalue weighted by Crippen LogP contribution is -2.36. The number of anilines is 1. The van der Waals surface area contributed by atoms with Crippen molar-refractivity contribution in [3.63, 3.8) is 0 Å². The van der Waals surface area contributed by atoms with E-state index in [4.69, 9.17) is 4.74 Å². The molecule has 3 aromatic rings. The highest BCUT2D eigenvalue weighted by Gasteiger charge is 2.21. The minimum atomic E-state index is -0.0344. The van der Waals surface area contributed by atoms with Gasteiger partial charge in [-0.2, -0.15) is 0 Å². The molecular formula is C23H19NO2. The van der Waals surface area contributed by atoms with Crippen molar-refractivity contribution in [3.05, 3.63) is 90.5 Å². The number of hydrogen-bond donors (Lipinski definition) is 0. The van der Waals surface area contributed by atoms with Gasteiger partial charge in [0.2, 0.25) is 0 Å². The Balaban J connectivity index is 1.49. The Morgan fingerprint density at radius 2 is 1.54 bits per heavy atom. The van der Waals surface area contributed by atoms with Gasteiger partial charge in [0, 0.05) is 6.08 Å². The monoisotopic (exact) mass is 341 g/mol. The summed E-state index contributed by atoms with van der Waals surface area (Å²) in [6.07, 6.45) is 3.48. The normalized spacial score (nSPS) is 13.3. The lowest BCUT2D eigenvalue weighted by Gasteiger charge is -2.28. The molecule has 0 atom stereocenters. The summed E-state index contributed by atoms with van der Waals surface area (Å²) < 4.78 is 5.60. The van der Waals surface area contributed by atoms with Gasteiger partial charge in [-0.15, -0.1) is 0 Å². The molecule has 3 aromatic carbocycles. The molecule has 0 spiro atoms. The molecule has 1 aliphatic rings. The van der Waals surface area contributed by atoms with E-state index in [0.717, 1.165) is 22.6 Å². The fourth-order valence-electron chi connectivity index (χ4n) is 3.07. The number of fused-ring (bicyclic) bond motifs is 1. The van der Waals surface area contributed by atoms with E-state index < -0.39 is 0 Å². The summed E-state index contributed by atoms with van der Waals surface area (Å²) in [6, 6.07) is 26.1. The zero-order chi connectivity index (χ0) is 17.8. The van der Waals surface area contributed by atoms with Crippen LogP contribution >= 0.6 is 0 Å². The summed E-state index contributed by atoms with van der Waals surface area (Å²) in [5, 5.41) is 0. The van der Waals surface area contributed by atoms with Crippen LogP contribution in [-0.4, -0.2) is 19.1 Å². The molecule has 0 radical (unpaired) electrons. The van der Waals surface area contributed by atoms with E-state index >= 15 is 0 Å². The smallest absolute Gasteiger partial charge is 0.251 e. The zero-order valence-electron chi connectivity index (χ0n) is 14.3. The number of nitrogens with zero attached hydrogens (tertiary/aromatic N) is 1. The highest BCUT2D eigenvalue weighted by molar-refractivity contribution is 6.05. The summed E-state index contributed by atoms with van der Waals surface area (Å²) in [5.41, 5.74) is 4.17. The maximum atomic E-state index is 12.6. The van der Waals surface area contributed by atoms with Crippen molar-refractivity contribution < 1.29 is 9.53 Å². The number of ether oxygens (including phenoxy) is 1. The number of benzene rings is 3. The van der Waals surface area contributed by atoms with Crippen molar-refractivity contribution >= 4 is 17.7 Å². The van der Waals surface area contributed by atoms with E-state index in [-0.39, 0.29) is 5.91 Å². The molecule has 0 unspecified atom stereocenters. The second kappa shape index (κ2) is 7.28. The molecule has 0 saturated heterocycles. The van der Waals surface area contributed by atoms with Crippen LogP contribution in [0.3, 0.4) is 0 Å². The van der Waals surface area contributed by atoms with E-state index in [1.54, 1.807) is 11.0 Å². The zero-order valence-corrected chi connectivity index (χ0v) is 14.3. The molecule has 0 fully saturated rings. The van der Waals surface area contributed by atoms with Crippen LogP contribution in [0.1, 0.15) is 5.56 Å². The third-order valence-electron chi connectivity index (χ3n) is 4.43. The topological polar surface area (TPSA) is 29.5 Å². The quantitative estimate of drug-likeness (QED) is 0.641. The van der Waals surface area contributed by atoms with Gasteiger partial charge in [0.05, 0.1) is 12.2 Å². The lowest BCUT2D eigenvalue weighted by atomic mass is 10.0. The van der Waals surface area contributed by atoms with Crippen LogP contribution in [0.25, 0.3) is 17.2 Å². The van der Waals surface area contributed by atoms with Crippen LogP contribution < -0.4 is 9.64 Å². The molecular weight excluding hydrogens is 322 g/mol. The van der Waals surface area contributed by atoms with Crippen LogP contribution in [0.5, 0.6) is 5.75 Å². The van der Waals surface area contributed by atoms with E-state index in [9.17, 15) is 4.79 Å². The fraction of sp³-hybridized carbons (Fsp3) is 0.0870. The number of carbonyl (C=O) groups excluding carboxylic acids is 1. The predicted octanol–water partition coefficient (Wildman–Crippen LogP) is 4.79.